The van der Waals surface area contributed by atoms with Crippen molar-refractivity contribution >= 4 is 12.0 Å². The first-order valence-electron chi connectivity index (χ1n) is 9.12. The molecular weight excluding hydrogens is 346 g/mol. The number of amides is 1. The van der Waals surface area contributed by atoms with Crippen molar-refractivity contribution in [1.82, 2.24) is 15.0 Å². The van der Waals surface area contributed by atoms with Crippen molar-refractivity contribution in [2.45, 2.75) is 32.6 Å². The normalized spacial score (nSPS) is 15.3. The van der Waals surface area contributed by atoms with Crippen LogP contribution in [0.1, 0.15) is 43.0 Å². The molecule has 2 heterocycles. The molecule has 0 N–H and O–H groups in total. The number of aryl methyl sites for hydroxylation is 1. The SMILES string of the molecule is C/C=C/c1ccc(OCC(=O)N2CCC(c3nc(C)no3)CC2)c(OC)c1. The van der Waals surface area contributed by atoms with Gasteiger partial charge in [-0.25, -0.2) is 0 Å². The molecule has 3 rings (SSSR count). The standard InChI is InChI=1S/C20H25N3O4/c1-4-5-15-6-7-17(18(12-15)25-3)26-13-19(24)23-10-8-16(9-11-23)20-21-14(2)22-27-20/h4-7,12,16H,8-11,13H2,1-3H3/b5-4+. The van der Waals surface area contributed by atoms with Crippen LogP contribution in [0.25, 0.3) is 6.08 Å². The number of hydrogen-bond acceptors (Lipinski definition) is 6. The number of rotatable bonds is 6. The maximum absolute atomic E-state index is 12.5. The molecule has 0 saturated carbocycles. The van der Waals surface area contributed by atoms with Crippen LogP contribution < -0.4 is 9.47 Å². The number of carbonyl (C=O) groups excluding carboxylic acids is 1. The van der Waals surface area contributed by atoms with E-state index in [0.717, 1.165) is 18.4 Å². The van der Waals surface area contributed by atoms with Gasteiger partial charge in [-0.2, -0.15) is 4.98 Å². The van der Waals surface area contributed by atoms with Gasteiger partial charge in [0.1, 0.15) is 0 Å². The molecule has 1 amide bonds. The van der Waals surface area contributed by atoms with Crippen LogP contribution in [-0.4, -0.2) is 47.8 Å². The van der Waals surface area contributed by atoms with Crippen LogP contribution in [0.15, 0.2) is 28.8 Å². The Morgan fingerprint density at radius 3 is 2.74 bits per heavy atom. The summed E-state index contributed by atoms with van der Waals surface area (Å²) in [7, 11) is 1.59. The molecule has 1 aliphatic rings. The van der Waals surface area contributed by atoms with Gasteiger partial charge in [-0.05, 0) is 44.4 Å². The van der Waals surface area contributed by atoms with Gasteiger partial charge >= 0.3 is 0 Å². The van der Waals surface area contributed by atoms with E-state index in [1.165, 1.54) is 0 Å². The quantitative estimate of drug-likeness (QED) is 0.776. The molecule has 1 aromatic heterocycles. The molecule has 0 bridgehead atoms. The van der Waals surface area contributed by atoms with E-state index in [2.05, 4.69) is 10.1 Å². The zero-order chi connectivity index (χ0) is 19.2. The van der Waals surface area contributed by atoms with Crippen LogP contribution in [0.4, 0.5) is 0 Å². The second-order valence-electron chi connectivity index (χ2n) is 6.53. The van der Waals surface area contributed by atoms with E-state index >= 15 is 0 Å². The minimum atomic E-state index is -0.0326. The Morgan fingerprint density at radius 1 is 1.33 bits per heavy atom. The van der Waals surface area contributed by atoms with E-state index in [9.17, 15) is 4.79 Å². The molecule has 27 heavy (non-hydrogen) atoms. The summed E-state index contributed by atoms with van der Waals surface area (Å²) >= 11 is 0. The van der Waals surface area contributed by atoms with Crippen LogP contribution in [0.5, 0.6) is 11.5 Å². The topological polar surface area (TPSA) is 77.7 Å². The minimum Gasteiger partial charge on any atom is -0.493 e. The van der Waals surface area contributed by atoms with Crippen molar-refractivity contribution in [3.63, 3.8) is 0 Å². The molecule has 0 radical (unpaired) electrons. The van der Waals surface area contributed by atoms with Crippen molar-refractivity contribution in [3.05, 3.63) is 41.6 Å². The lowest BCUT2D eigenvalue weighted by molar-refractivity contribution is -0.134. The molecule has 1 saturated heterocycles. The lowest BCUT2D eigenvalue weighted by Gasteiger charge is -2.30. The van der Waals surface area contributed by atoms with Gasteiger partial charge in [0.2, 0.25) is 5.89 Å². The Hall–Kier alpha value is -2.83. The van der Waals surface area contributed by atoms with E-state index in [1.807, 2.05) is 49.1 Å². The summed E-state index contributed by atoms with van der Waals surface area (Å²) in [6, 6.07) is 5.64. The molecule has 1 fully saturated rings. The molecule has 0 spiro atoms. The zero-order valence-corrected chi connectivity index (χ0v) is 16.0. The van der Waals surface area contributed by atoms with Crippen molar-refractivity contribution in [2.24, 2.45) is 0 Å². The molecule has 144 valence electrons. The number of likely N-dealkylation sites (tertiary alicyclic amines) is 1. The van der Waals surface area contributed by atoms with Gasteiger partial charge in [0.05, 0.1) is 7.11 Å². The smallest absolute Gasteiger partial charge is 0.260 e. The van der Waals surface area contributed by atoms with Gasteiger partial charge in [0.15, 0.2) is 23.9 Å². The lowest BCUT2D eigenvalue weighted by Crippen LogP contribution is -2.40. The predicted octanol–water partition coefficient (Wildman–Crippen LogP) is 3.20. The fourth-order valence-electron chi connectivity index (χ4n) is 3.19. The lowest BCUT2D eigenvalue weighted by atomic mass is 9.97. The number of aromatic nitrogens is 2. The Bertz CT molecular complexity index is 807. The van der Waals surface area contributed by atoms with E-state index in [1.54, 1.807) is 7.11 Å². The summed E-state index contributed by atoms with van der Waals surface area (Å²) in [6.45, 7) is 5.07. The van der Waals surface area contributed by atoms with Gasteiger partial charge in [-0.15, -0.1) is 0 Å². The fraction of sp³-hybridized carbons (Fsp3) is 0.450. The molecule has 7 heteroatoms. The average molecular weight is 371 g/mol. The molecule has 0 aliphatic carbocycles. The van der Waals surface area contributed by atoms with Gasteiger partial charge in [-0.3, -0.25) is 4.79 Å². The van der Waals surface area contributed by atoms with Crippen molar-refractivity contribution in [1.29, 1.82) is 0 Å². The fourth-order valence-corrected chi connectivity index (χ4v) is 3.19. The maximum atomic E-state index is 12.5. The number of methoxy groups -OCH3 is 1. The zero-order valence-electron chi connectivity index (χ0n) is 16.0. The van der Waals surface area contributed by atoms with Crippen LogP contribution in [0.3, 0.4) is 0 Å². The third kappa shape index (κ3) is 4.67. The molecule has 1 aromatic carbocycles. The number of piperidine rings is 1. The number of hydrogen-bond donors (Lipinski definition) is 0. The maximum Gasteiger partial charge on any atom is 0.260 e. The molecular formula is C20H25N3O4. The Morgan fingerprint density at radius 2 is 2.11 bits per heavy atom. The predicted molar refractivity (Wildman–Crippen MR) is 101 cm³/mol. The second kappa shape index (κ2) is 8.70. The minimum absolute atomic E-state index is 0.0103. The van der Waals surface area contributed by atoms with Gasteiger partial charge in [-0.1, -0.05) is 23.4 Å². The van der Waals surface area contributed by atoms with E-state index in [-0.39, 0.29) is 18.4 Å². The van der Waals surface area contributed by atoms with Gasteiger partial charge < -0.3 is 18.9 Å². The van der Waals surface area contributed by atoms with Crippen LogP contribution in [-0.2, 0) is 4.79 Å². The van der Waals surface area contributed by atoms with Crippen LogP contribution >= 0.6 is 0 Å². The van der Waals surface area contributed by atoms with Crippen molar-refractivity contribution < 1.29 is 18.8 Å². The third-order valence-corrected chi connectivity index (χ3v) is 4.64. The Balaban J connectivity index is 1.53. The summed E-state index contributed by atoms with van der Waals surface area (Å²) in [4.78, 5) is 18.6. The third-order valence-electron chi connectivity index (χ3n) is 4.64. The number of nitrogens with zero attached hydrogens (tertiary/aromatic N) is 3. The van der Waals surface area contributed by atoms with Crippen molar-refractivity contribution in [3.8, 4) is 11.5 Å². The number of carbonyl (C=O) groups is 1. The first-order valence-corrected chi connectivity index (χ1v) is 9.12. The molecule has 0 unspecified atom stereocenters. The van der Waals surface area contributed by atoms with Crippen molar-refractivity contribution in [2.75, 3.05) is 26.8 Å². The summed E-state index contributed by atoms with van der Waals surface area (Å²) in [5.74, 6) is 2.68. The highest BCUT2D eigenvalue weighted by molar-refractivity contribution is 5.78. The highest BCUT2D eigenvalue weighted by Crippen LogP contribution is 2.29. The van der Waals surface area contributed by atoms with Gasteiger partial charge in [0.25, 0.3) is 5.91 Å². The molecule has 7 nitrogen and oxygen atoms in total. The molecule has 0 atom stereocenters. The monoisotopic (exact) mass is 371 g/mol. The van der Waals surface area contributed by atoms with Crippen LogP contribution in [0, 0.1) is 6.92 Å². The summed E-state index contributed by atoms with van der Waals surface area (Å²) in [6.07, 6.45) is 5.56. The van der Waals surface area contributed by atoms with Gasteiger partial charge in [0, 0.05) is 19.0 Å². The summed E-state index contributed by atoms with van der Waals surface area (Å²) in [5, 5.41) is 3.84. The highest BCUT2D eigenvalue weighted by atomic mass is 16.5. The molecule has 1 aliphatic heterocycles. The highest BCUT2D eigenvalue weighted by Gasteiger charge is 2.27. The Labute approximate surface area is 159 Å². The van der Waals surface area contributed by atoms with E-state index < -0.39 is 0 Å². The largest absolute Gasteiger partial charge is 0.493 e. The Kier molecular flexibility index (Phi) is 6.11. The number of benzene rings is 1. The van der Waals surface area contributed by atoms with Crippen LogP contribution in [0.2, 0.25) is 0 Å². The number of allylic oxidation sites excluding steroid dienone is 1. The first kappa shape index (κ1) is 18.9. The second-order valence-corrected chi connectivity index (χ2v) is 6.53. The number of ether oxygens (including phenoxy) is 2. The van der Waals surface area contributed by atoms with E-state index in [4.69, 9.17) is 14.0 Å². The summed E-state index contributed by atoms with van der Waals surface area (Å²) in [5.41, 5.74) is 1.02. The molecule has 2 aromatic rings. The average Bonchev–Trinajstić information content (AvgIpc) is 3.13. The summed E-state index contributed by atoms with van der Waals surface area (Å²) < 4.78 is 16.3. The van der Waals surface area contributed by atoms with E-state index in [0.29, 0.717) is 36.3 Å². The first-order chi connectivity index (χ1) is 13.1.